The number of likely N-dealkylation sites (N-methyl/N-ethyl adjacent to an activating group) is 1. The SMILES string of the molecule is CC#CC#CCCCCCCCCC(=O)OCC(COP(=O)(O)OCCN(C)CC)OC(=O)CCCCCCCCC#CC#CC. The molecule has 0 rings (SSSR count). The summed E-state index contributed by atoms with van der Waals surface area (Å²) in [7, 11) is -2.52. The molecule has 0 radical (unpaired) electrons. The van der Waals surface area contributed by atoms with Gasteiger partial charge in [-0.05, 0) is 76.8 Å². The average molecular weight is 662 g/mol. The highest BCUT2D eigenvalue weighted by Gasteiger charge is 2.26. The number of nitrogens with zero attached hydrogens (tertiary/aromatic N) is 1. The maximum absolute atomic E-state index is 12.5. The lowest BCUT2D eigenvalue weighted by Gasteiger charge is -2.20. The van der Waals surface area contributed by atoms with Gasteiger partial charge >= 0.3 is 19.8 Å². The van der Waals surface area contributed by atoms with Gasteiger partial charge in [0.15, 0.2) is 6.10 Å². The van der Waals surface area contributed by atoms with Crippen LogP contribution in [0.25, 0.3) is 0 Å². The number of carbonyl (C=O) groups excluding carboxylic acids is 2. The van der Waals surface area contributed by atoms with E-state index in [1.807, 2.05) is 18.9 Å². The normalized spacial score (nSPS) is 12.1. The molecule has 0 aliphatic heterocycles. The Labute approximate surface area is 278 Å². The van der Waals surface area contributed by atoms with E-state index in [4.69, 9.17) is 18.5 Å². The number of carbonyl (C=O) groups is 2. The first-order valence-corrected chi connectivity index (χ1v) is 18.2. The van der Waals surface area contributed by atoms with Gasteiger partial charge in [-0.1, -0.05) is 82.0 Å². The molecule has 258 valence electrons. The van der Waals surface area contributed by atoms with E-state index in [9.17, 15) is 19.0 Å². The lowest BCUT2D eigenvalue weighted by molar-refractivity contribution is -0.161. The summed E-state index contributed by atoms with van der Waals surface area (Å²) in [5.41, 5.74) is 0. The molecular weight excluding hydrogens is 605 g/mol. The van der Waals surface area contributed by atoms with E-state index in [0.29, 0.717) is 19.4 Å². The summed E-state index contributed by atoms with van der Waals surface area (Å²) < 4.78 is 33.3. The zero-order valence-electron chi connectivity index (χ0n) is 28.6. The van der Waals surface area contributed by atoms with Crippen LogP contribution in [0.1, 0.15) is 124 Å². The number of esters is 2. The van der Waals surface area contributed by atoms with Gasteiger partial charge in [0.25, 0.3) is 0 Å². The Morgan fingerprint density at radius 3 is 1.74 bits per heavy atom. The fraction of sp³-hybridized carbons (Fsp3) is 0.722. The molecule has 9 nitrogen and oxygen atoms in total. The Balaban J connectivity index is 4.53. The van der Waals surface area contributed by atoms with E-state index in [0.717, 1.165) is 83.6 Å². The van der Waals surface area contributed by atoms with Crippen molar-refractivity contribution in [1.82, 2.24) is 4.90 Å². The second kappa shape index (κ2) is 30.9. The van der Waals surface area contributed by atoms with Gasteiger partial charge in [-0.25, -0.2) is 4.57 Å². The van der Waals surface area contributed by atoms with E-state index < -0.39 is 32.5 Å². The molecule has 0 aromatic heterocycles. The highest BCUT2D eigenvalue weighted by Crippen LogP contribution is 2.43. The molecule has 0 aliphatic rings. The number of rotatable bonds is 27. The maximum atomic E-state index is 12.5. The predicted molar refractivity (Wildman–Crippen MR) is 182 cm³/mol. The standard InChI is InChI=1S/C36H56NO8P/c1-5-8-10-12-14-16-18-20-22-24-26-28-35(38)42-32-34(33-44-46(40,41)43-31-30-37(4)7-3)45-36(39)29-27-25-23-21-19-17-15-13-11-9-6-2/h34H,7,14-33H2,1-4H3,(H,40,41). The summed E-state index contributed by atoms with van der Waals surface area (Å²) in [6, 6.07) is 0. The van der Waals surface area contributed by atoms with Crippen molar-refractivity contribution >= 4 is 19.8 Å². The van der Waals surface area contributed by atoms with Crippen LogP contribution in [0.3, 0.4) is 0 Å². The highest BCUT2D eigenvalue weighted by molar-refractivity contribution is 7.47. The summed E-state index contributed by atoms with van der Waals surface area (Å²) >= 11 is 0. The first-order valence-electron chi connectivity index (χ1n) is 16.7. The van der Waals surface area contributed by atoms with Crippen molar-refractivity contribution in [2.75, 3.05) is 40.0 Å². The van der Waals surface area contributed by atoms with E-state index in [2.05, 4.69) is 47.4 Å². The molecule has 0 aliphatic carbocycles. The van der Waals surface area contributed by atoms with Crippen LogP contribution in [0.4, 0.5) is 0 Å². The lowest BCUT2D eigenvalue weighted by Crippen LogP contribution is -2.29. The van der Waals surface area contributed by atoms with Crippen LogP contribution in [0.15, 0.2) is 0 Å². The summed E-state index contributed by atoms with van der Waals surface area (Å²) in [6.07, 6.45) is 12.6. The van der Waals surface area contributed by atoms with Crippen LogP contribution in [0, 0.1) is 47.4 Å². The van der Waals surface area contributed by atoms with Crippen LogP contribution < -0.4 is 0 Å². The van der Waals surface area contributed by atoms with Crippen LogP contribution in [0.2, 0.25) is 0 Å². The molecule has 0 aromatic carbocycles. The topological polar surface area (TPSA) is 112 Å². The third-order valence-corrected chi connectivity index (χ3v) is 7.82. The summed E-state index contributed by atoms with van der Waals surface area (Å²) in [5.74, 6) is 21.7. The van der Waals surface area contributed by atoms with Gasteiger partial charge in [0, 0.05) is 32.2 Å². The van der Waals surface area contributed by atoms with Crippen molar-refractivity contribution < 1.29 is 37.6 Å². The maximum Gasteiger partial charge on any atom is 0.472 e. The molecule has 0 spiro atoms. The molecule has 0 saturated carbocycles. The molecule has 0 heterocycles. The molecule has 10 heteroatoms. The number of hydrogen-bond donors (Lipinski definition) is 1. The predicted octanol–water partition coefficient (Wildman–Crippen LogP) is 6.82. The minimum atomic E-state index is -4.38. The van der Waals surface area contributed by atoms with Crippen molar-refractivity contribution in [2.45, 2.75) is 130 Å². The van der Waals surface area contributed by atoms with Crippen LogP contribution in [-0.2, 0) is 32.7 Å². The largest absolute Gasteiger partial charge is 0.472 e. The van der Waals surface area contributed by atoms with Gasteiger partial charge in [-0.15, -0.1) is 0 Å². The molecule has 1 N–H and O–H groups in total. The second-order valence-corrected chi connectivity index (χ2v) is 12.3. The monoisotopic (exact) mass is 661 g/mol. The Morgan fingerprint density at radius 2 is 1.22 bits per heavy atom. The molecule has 2 atom stereocenters. The van der Waals surface area contributed by atoms with Crippen molar-refractivity contribution in [3.8, 4) is 47.4 Å². The fourth-order valence-corrected chi connectivity index (χ4v) is 4.76. The van der Waals surface area contributed by atoms with E-state index in [1.165, 1.54) is 0 Å². The molecule has 46 heavy (non-hydrogen) atoms. The van der Waals surface area contributed by atoms with E-state index in [-0.39, 0.29) is 26.1 Å². The molecule has 2 unspecified atom stereocenters. The molecule has 0 aromatic rings. The summed E-state index contributed by atoms with van der Waals surface area (Å²) in [5, 5.41) is 0. The van der Waals surface area contributed by atoms with Crippen molar-refractivity contribution in [2.24, 2.45) is 0 Å². The molecule has 0 amide bonds. The third-order valence-electron chi connectivity index (χ3n) is 6.84. The summed E-state index contributed by atoms with van der Waals surface area (Å²) in [4.78, 5) is 36.8. The Bertz CT molecular complexity index is 1130. The van der Waals surface area contributed by atoms with Gasteiger partial charge in [-0.2, -0.15) is 0 Å². The second-order valence-electron chi connectivity index (χ2n) is 10.9. The van der Waals surface area contributed by atoms with Crippen LogP contribution in [0.5, 0.6) is 0 Å². The summed E-state index contributed by atoms with van der Waals surface area (Å²) in [6.45, 7) is 6.01. The highest BCUT2D eigenvalue weighted by atomic mass is 31.2. The number of unbranched alkanes of at least 4 members (excludes halogenated alkanes) is 12. The Morgan fingerprint density at radius 1 is 0.717 bits per heavy atom. The smallest absolute Gasteiger partial charge is 0.462 e. The zero-order chi connectivity index (χ0) is 34.1. The van der Waals surface area contributed by atoms with Gasteiger partial charge in [-0.3, -0.25) is 18.6 Å². The minimum Gasteiger partial charge on any atom is -0.462 e. The van der Waals surface area contributed by atoms with Gasteiger partial charge in [0.05, 0.1) is 13.2 Å². The fourth-order valence-electron chi connectivity index (χ4n) is 4.02. The number of phosphoric acid groups is 1. The van der Waals surface area contributed by atoms with Crippen molar-refractivity contribution in [3.05, 3.63) is 0 Å². The number of hydrogen-bond acceptors (Lipinski definition) is 8. The number of phosphoric ester groups is 1. The molecule has 0 fully saturated rings. The first-order chi connectivity index (χ1) is 22.2. The molecule has 0 bridgehead atoms. The van der Waals surface area contributed by atoms with Gasteiger partial charge < -0.3 is 19.3 Å². The Kier molecular flexibility index (Phi) is 29.0. The third kappa shape index (κ3) is 29.9. The lowest BCUT2D eigenvalue weighted by atomic mass is 10.1. The number of ether oxygens (including phenoxy) is 2. The van der Waals surface area contributed by atoms with E-state index in [1.54, 1.807) is 13.8 Å². The zero-order valence-corrected chi connectivity index (χ0v) is 29.5. The average Bonchev–Trinajstić information content (AvgIpc) is 3.03. The van der Waals surface area contributed by atoms with Crippen LogP contribution >= 0.6 is 7.82 Å². The van der Waals surface area contributed by atoms with Crippen molar-refractivity contribution in [1.29, 1.82) is 0 Å². The van der Waals surface area contributed by atoms with Crippen LogP contribution in [-0.4, -0.2) is 67.8 Å². The molecular formula is C36H56NO8P. The first kappa shape index (κ1) is 43.2. The molecule has 0 saturated heterocycles. The minimum absolute atomic E-state index is 0.000748. The van der Waals surface area contributed by atoms with Crippen molar-refractivity contribution in [3.63, 3.8) is 0 Å². The Hall–Kier alpha value is -2.75. The quantitative estimate of drug-likeness (QED) is 0.0439. The van der Waals surface area contributed by atoms with Gasteiger partial charge in [0.1, 0.15) is 6.61 Å². The van der Waals surface area contributed by atoms with E-state index >= 15 is 0 Å². The van der Waals surface area contributed by atoms with Gasteiger partial charge in [0.2, 0.25) is 0 Å².